The van der Waals surface area contributed by atoms with Crippen LogP contribution in [0, 0.1) is 17.2 Å². The highest BCUT2D eigenvalue weighted by Crippen LogP contribution is 2.24. The second kappa shape index (κ2) is 6.68. The van der Waals surface area contributed by atoms with Gasteiger partial charge in [-0.1, -0.05) is 13.8 Å². The second-order valence-electron chi connectivity index (χ2n) is 5.10. The molecular formula is C16H15N3O3. The lowest BCUT2D eigenvalue weighted by Crippen LogP contribution is -2.06. The Morgan fingerprint density at radius 1 is 1.41 bits per heavy atom. The zero-order valence-corrected chi connectivity index (χ0v) is 12.3. The minimum atomic E-state index is -1.12. The van der Waals surface area contributed by atoms with Crippen molar-refractivity contribution in [2.45, 2.75) is 13.8 Å². The van der Waals surface area contributed by atoms with Crippen LogP contribution < -0.4 is 4.74 Å². The third-order valence-electron chi connectivity index (χ3n) is 2.81. The van der Waals surface area contributed by atoms with Gasteiger partial charge in [-0.15, -0.1) is 0 Å². The Kier molecular flexibility index (Phi) is 4.69. The van der Waals surface area contributed by atoms with Crippen LogP contribution in [0.2, 0.25) is 0 Å². The molecule has 0 fully saturated rings. The van der Waals surface area contributed by atoms with Crippen LogP contribution in [-0.4, -0.2) is 27.7 Å². The molecule has 0 saturated heterocycles. The molecule has 6 nitrogen and oxygen atoms in total. The lowest BCUT2D eigenvalue weighted by molar-refractivity contribution is 0.0690. The molecule has 1 aromatic carbocycles. The molecule has 112 valence electrons. The first-order valence-electron chi connectivity index (χ1n) is 6.75. The molecule has 0 amide bonds. The number of nitriles is 1. The van der Waals surface area contributed by atoms with E-state index in [0.29, 0.717) is 29.4 Å². The van der Waals surface area contributed by atoms with Gasteiger partial charge in [-0.25, -0.2) is 14.8 Å². The highest BCUT2D eigenvalue weighted by atomic mass is 16.5. The molecule has 0 spiro atoms. The number of hydrogen-bond donors (Lipinski definition) is 1. The van der Waals surface area contributed by atoms with Crippen LogP contribution in [0.4, 0.5) is 0 Å². The van der Waals surface area contributed by atoms with Crippen molar-refractivity contribution in [2.75, 3.05) is 6.61 Å². The standard InChI is InChI=1S/C16H15N3O3/c1-10(2)9-22-14-4-3-11(7-12(14)8-17)15-18-6-5-13(19-15)16(20)21/h3-7,10H,9H2,1-2H3,(H,20,21). The van der Waals surface area contributed by atoms with E-state index >= 15 is 0 Å². The molecule has 0 radical (unpaired) electrons. The molecule has 2 aromatic rings. The van der Waals surface area contributed by atoms with E-state index in [-0.39, 0.29) is 11.5 Å². The van der Waals surface area contributed by atoms with E-state index in [9.17, 15) is 10.1 Å². The van der Waals surface area contributed by atoms with Gasteiger partial charge in [0.25, 0.3) is 0 Å². The van der Waals surface area contributed by atoms with E-state index in [2.05, 4.69) is 16.0 Å². The topological polar surface area (TPSA) is 96.1 Å². The number of benzene rings is 1. The minimum Gasteiger partial charge on any atom is -0.492 e. The predicted molar refractivity (Wildman–Crippen MR) is 79.5 cm³/mol. The summed E-state index contributed by atoms with van der Waals surface area (Å²) in [6, 6.07) is 8.36. The number of carbonyl (C=O) groups is 1. The average molecular weight is 297 g/mol. The highest BCUT2D eigenvalue weighted by Gasteiger charge is 2.11. The Balaban J connectivity index is 2.35. The van der Waals surface area contributed by atoms with Gasteiger partial charge in [0.2, 0.25) is 0 Å². The maximum atomic E-state index is 10.9. The highest BCUT2D eigenvalue weighted by molar-refractivity contribution is 5.85. The van der Waals surface area contributed by atoms with Crippen molar-refractivity contribution < 1.29 is 14.6 Å². The Labute approximate surface area is 128 Å². The maximum Gasteiger partial charge on any atom is 0.354 e. The number of aromatic carboxylic acids is 1. The van der Waals surface area contributed by atoms with Crippen LogP contribution in [0.3, 0.4) is 0 Å². The van der Waals surface area contributed by atoms with Crippen molar-refractivity contribution in [3.8, 4) is 23.2 Å². The SMILES string of the molecule is CC(C)COc1ccc(-c2nccc(C(=O)O)n2)cc1C#N. The van der Waals surface area contributed by atoms with Crippen LogP contribution in [0.5, 0.6) is 5.75 Å². The Bertz CT molecular complexity index is 736. The van der Waals surface area contributed by atoms with E-state index < -0.39 is 5.97 Å². The first-order valence-corrected chi connectivity index (χ1v) is 6.75. The zero-order chi connectivity index (χ0) is 16.1. The second-order valence-corrected chi connectivity index (χ2v) is 5.10. The van der Waals surface area contributed by atoms with E-state index in [1.807, 2.05) is 13.8 Å². The summed E-state index contributed by atoms with van der Waals surface area (Å²) in [4.78, 5) is 19.0. The lowest BCUT2D eigenvalue weighted by Gasteiger charge is -2.11. The number of ether oxygens (including phenoxy) is 1. The van der Waals surface area contributed by atoms with Crippen LogP contribution in [-0.2, 0) is 0 Å². The Hall–Kier alpha value is -2.94. The van der Waals surface area contributed by atoms with Crippen molar-refractivity contribution in [2.24, 2.45) is 5.92 Å². The fourth-order valence-electron chi connectivity index (χ4n) is 1.76. The third-order valence-corrected chi connectivity index (χ3v) is 2.81. The molecule has 0 unspecified atom stereocenters. The molecule has 0 aliphatic rings. The number of aromatic nitrogens is 2. The maximum absolute atomic E-state index is 10.9. The molecule has 0 atom stereocenters. The fraction of sp³-hybridized carbons (Fsp3) is 0.250. The summed E-state index contributed by atoms with van der Waals surface area (Å²) in [5, 5.41) is 18.2. The van der Waals surface area contributed by atoms with Crippen LogP contribution in [0.25, 0.3) is 11.4 Å². The van der Waals surface area contributed by atoms with Gasteiger partial charge in [0.05, 0.1) is 12.2 Å². The zero-order valence-electron chi connectivity index (χ0n) is 12.3. The monoisotopic (exact) mass is 297 g/mol. The van der Waals surface area contributed by atoms with Crippen molar-refractivity contribution in [3.63, 3.8) is 0 Å². The van der Waals surface area contributed by atoms with Gasteiger partial charge in [0.1, 0.15) is 11.8 Å². The number of hydrogen-bond acceptors (Lipinski definition) is 5. The summed E-state index contributed by atoms with van der Waals surface area (Å²) in [6.45, 7) is 4.55. The summed E-state index contributed by atoms with van der Waals surface area (Å²) in [5.41, 5.74) is 0.836. The predicted octanol–water partition coefficient (Wildman–Crippen LogP) is 2.75. The third kappa shape index (κ3) is 3.58. The molecule has 1 N–H and O–H groups in total. The van der Waals surface area contributed by atoms with Crippen LogP contribution in [0.15, 0.2) is 30.5 Å². The Morgan fingerprint density at radius 3 is 2.82 bits per heavy atom. The van der Waals surface area contributed by atoms with E-state index in [0.717, 1.165) is 0 Å². The van der Waals surface area contributed by atoms with Gasteiger partial charge in [0.15, 0.2) is 11.5 Å². The summed E-state index contributed by atoms with van der Waals surface area (Å²) in [5.74, 6) is -0.0241. The van der Waals surface area contributed by atoms with Gasteiger partial charge in [-0.2, -0.15) is 5.26 Å². The molecular weight excluding hydrogens is 282 g/mol. The minimum absolute atomic E-state index is 0.0939. The molecule has 22 heavy (non-hydrogen) atoms. The molecule has 1 heterocycles. The smallest absolute Gasteiger partial charge is 0.354 e. The van der Waals surface area contributed by atoms with Gasteiger partial charge < -0.3 is 9.84 Å². The average Bonchev–Trinajstić information content (AvgIpc) is 2.52. The van der Waals surface area contributed by atoms with Crippen molar-refractivity contribution in [1.29, 1.82) is 5.26 Å². The van der Waals surface area contributed by atoms with Crippen molar-refractivity contribution >= 4 is 5.97 Å². The number of rotatable bonds is 5. The van der Waals surface area contributed by atoms with Gasteiger partial charge in [0, 0.05) is 11.8 Å². The van der Waals surface area contributed by atoms with E-state index in [1.54, 1.807) is 18.2 Å². The number of carboxylic acids is 1. The first kappa shape index (κ1) is 15.4. The van der Waals surface area contributed by atoms with Crippen LogP contribution in [0.1, 0.15) is 29.9 Å². The van der Waals surface area contributed by atoms with E-state index in [4.69, 9.17) is 9.84 Å². The quantitative estimate of drug-likeness (QED) is 0.911. The van der Waals surface area contributed by atoms with E-state index in [1.165, 1.54) is 12.3 Å². The number of nitrogens with zero attached hydrogens (tertiary/aromatic N) is 3. The largest absolute Gasteiger partial charge is 0.492 e. The van der Waals surface area contributed by atoms with Crippen LogP contribution >= 0.6 is 0 Å². The number of carboxylic acid groups (broad SMARTS) is 1. The normalized spacial score (nSPS) is 10.3. The molecule has 0 aliphatic carbocycles. The van der Waals surface area contributed by atoms with Gasteiger partial charge >= 0.3 is 5.97 Å². The Morgan fingerprint density at radius 2 is 2.18 bits per heavy atom. The molecule has 0 saturated carbocycles. The van der Waals surface area contributed by atoms with Gasteiger partial charge in [-0.3, -0.25) is 0 Å². The molecule has 1 aromatic heterocycles. The first-order chi connectivity index (χ1) is 10.5. The summed E-state index contributed by atoms with van der Waals surface area (Å²) in [7, 11) is 0. The molecule has 0 bridgehead atoms. The lowest BCUT2D eigenvalue weighted by atomic mass is 10.1. The summed E-state index contributed by atoms with van der Waals surface area (Å²) >= 11 is 0. The van der Waals surface area contributed by atoms with Gasteiger partial charge in [-0.05, 0) is 30.2 Å². The summed E-state index contributed by atoms with van der Waals surface area (Å²) < 4.78 is 5.58. The molecule has 6 heteroatoms. The van der Waals surface area contributed by atoms with Crippen molar-refractivity contribution in [1.82, 2.24) is 9.97 Å². The van der Waals surface area contributed by atoms with Crippen molar-refractivity contribution in [3.05, 3.63) is 41.7 Å². The fourth-order valence-corrected chi connectivity index (χ4v) is 1.76. The summed E-state index contributed by atoms with van der Waals surface area (Å²) in [6.07, 6.45) is 1.38. The molecule has 0 aliphatic heterocycles. The molecule has 2 rings (SSSR count).